The number of hydrogen-bond acceptors (Lipinski definition) is 3. The van der Waals surface area contributed by atoms with E-state index in [0.29, 0.717) is 11.8 Å². The molecule has 0 bridgehead atoms. The molecule has 2 unspecified atom stereocenters. The number of anilines is 1. The van der Waals surface area contributed by atoms with Crippen LogP contribution in [0, 0.1) is 5.82 Å². The summed E-state index contributed by atoms with van der Waals surface area (Å²) in [6.07, 6.45) is 3.80. The molecule has 2 rings (SSSR count). The number of halogens is 1. The van der Waals surface area contributed by atoms with Crippen LogP contribution in [0.15, 0.2) is 24.3 Å². The quantitative estimate of drug-likeness (QED) is 0.777. The monoisotopic (exact) mass is 280 g/mol. The van der Waals surface area contributed by atoms with Crippen molar-refractivity contribution >= 4 is 5.69 Å². The molecule has 1 aromatic rings. The fourth-order valence-electron chi connectivity index (χ4n) is 2.67. The van der Waals surface area contributed by atoms with Crippen molar-refractivity contribution in [2.24, 2.45) is 0 Å². The van der Waals surface area contributed by atoms with E-state index in [1.54, 1.807) is 6.07 Å². The van der Waals surface area contributed by atoms with Crippen LogP contribution in [0.2, 0.25) is 0 Å². The fourth-order valence-corrected chi connectivity index (χ4v) is 2.67. The molecule has 0 amide bonds. The van der Waals surface area contributed by atoms with Gasteiger partial charge in [-0.25, -0.2) is 4.39 Å². The Bertz CT molecular complexity index is 413. The van der Waals surface area contributed by atoms with Crippen molar-refractivity contribution in [3.8, 4) is 0 Å². The first-order valence-corrected chi connectivity index (χ1v) is 7.52. The third-order valence-electron chi connectivity index (χ3n) is 3.74. The number of rotatable bonds is 7. The molecule has 1 saturated heterocycles. The third-order valence-corrected chi connectivity index (χ3v) is 3.74. The zero-order valence-electron chi connectivity index (χ0n) is 12.4. The molecule has 0 radical (unpaired) electrons. The third kappa shape index (κ3) is 4.18. The number of benzene rings is 1. The van der Waals surface area contributed by atoms with Gasteiger partial charge in [-0.15, -0.1) is 0 Å². The van der Waals surface area contributed by atoms with Crippen LogP contribution >= 0.6 is 0 Å². The van der Waals surface area contributed by atoms with E-state index in [0.717, 1.165) is 38.9 Å². The van der Waals surface area contributed by atoms with E-state index >= 15 is 0 Å². The van der Waals surface area contributed by atoms with Crippen molar-refractivity contribution in [1.29, 1.82) is 0 Å². The maximum Gasteiger partial charge on any atom is 0.146 e. The average Bonchev–Trinajstić information content (AvgIpc) is 2.87. The Morgan fingerprint density at radius 2 is 2.05 bits per heavy atom. The Labute approximate surface area is 121 Å². The molecule has 0 saturated carbocycles. The van der Waals surface area contributed by atoms with Crippen molar-refractivity contribution in [3.63, 3.8) is 0 Å². The molecule has 0 aliphatic carbocycles. The van der Waals surface area contributed by atoms with Gasteiger partial charge >= 0.3 is 0 Å². The summed E-state index contributed by atoms with van der Waals surface area (Å²) >= 11 is 0. The summed E-state index contributed by atoms with van der Waals surface area (Å²) in [5.74, 6) is -0.172. The highest BCUT2D eigenvalue weighted by Crippen LogP contribution is 2.23. The summed E-state index contributed by atoms with van der Waals surface area (Å²) in [5, 5.41) is 3.39. The average molecular weight is 280 g/mol. The number of para-hydroxylation sites is 1. The lowest BCUT2D eigenvalue weighted by molar-refractivity contribution is 0.0500. The number of nitrogens with one attached hydrogen (secondary N) is 1. The molecule has 1 aliphatic rings. The highest BCUT2D eigenvalue weighted by atomic mass is 19.1. The first-order valence-electron chi connectivity index (χ1n) is 7.52. The van der Waals surface area contributed by atoms with Crippen LogP contribution < -0.4 is 10.2 Å². The van der Waals surface area contributed by atoms with E-state index in [9.17, 15) is 4.39 Å². The highest BCUT2D eigenvalue weighted by Gasteiger charge is 2.26. The summed E-state index contributed by atoms with van der Waals surface area (Å²) in [7, 11) is 1.92. The zero-order valence-corrected chi connectivity index (χ0v) is 12.4. The molecule has 0 spiro atoms. The zero-order chi connectivity index (χ0) is 14.4. The topological polar surface area (TPSA) is 24.5 Å². The molecule has 1 fully saturated rings. The van der Waals surface area contributed by atoms with Gasteiger partial charge in [-0.1, -0.05) is 19.1 Å². The molecule has 0 aromatic heterocycles. The normalized spacial score (nSPS) is 22.1. The first-order chi connectivity index (χ1) is 9.70. The molecule has 1 heterocycles. The summed E-state index contributed by atoms with van der Waals surface area (Å²) in [6, 6.07) is 6.89. The lowest BCUT2D eigenvalue weighted by Crippen LogP contribution is -2.32. The predicted octanol–water partition coefficient (Wildman–Crippen LogP) is 2.81. The number of likely N-dealkylation sites (N-methyl/N-ethyl adjacent to an activating group) is 1. The molecule has 1 aromatic carbocycles. The van der Waals surface area contributed by atoms with E-state index in [4.69, 9.17) is 4.74 Å². The van der Waals surface area contributed by atoms with Crippen LogP contribution in [-0.4, -0.2) is 38.9 Å². The van der Waals surface area contributed by atoms with Gasteiger partial charge in [-0.05, 0) is 37.9 Å². The van der Waals surface area contributed by atoms with Gasteiger partial charge in [-0.2, -0.15) is 0 Å². The number of nitrogens with zero attached hydrogens (tertiary/aromatic N) is 1. The standard InChI is InChI=1S/C16H25FN2O/c1-3-10-18-11-13-8-9-14(20-13)12-19(2)16-7-5-4-6-15(16)17/h4-7,13-14,18H,3,8-12H2,1-2H3. The van der Waals surface area contributed by atoms with Gasteiger partial charge in [0.05, 0.1) is 17.9 Å². The molecule has 1 N–H and O–H groups in total. The van der Waals surface area contributed by atoms with Gasteiger partial charge in [0.15, 0.2) is 0 Å². The molecule has 4 heteroatoms. The lowest BCUT2D eigenvalue weighted by Gasteiger charge is -2.24. The SMILES string of the molecule is CCCNCC1CCC(CN(C)c2ccccc2F)O1. The molecule has 20 heavy (non-hydrogen) atoms. The van der Waals surface area contributed by atoms with Crippen LogP contribution in [0.25, 0.3) is 0 Å². The number of hydrogen-bond donors (Lipinski definition) is 1. The van der Waals surface area contributed by atoms with Crippen LogP contribution in [0.4, 0.5) is 10.1 Å². The Morgan fingerprint density at radius 3 is 2.80 bits per heavy atom. The van der Waals surface area contributed by atoms with Crippen molar-refractivity contribution in [3.05, 3.63) is 30.1 Å². The minimum atomic E-state index is -0.172. The van der Waals surface area contributed by atoms with Gasteiger partial charge in [0.25, 0.3) is 0 Å². The maximum atomic E-state index is 13.7. The van der Waals surface area contributed by atoms with Crippen LogP contribution in [-0.2, 0) is 4.74 Å². The van der Waals surface area contributed by atoms with Gasteiger partial charge in [0, 0.05) is 20.1 Å². The van der Waals surface area contributed by atoms with Crippen molar-refractivity contribution < 1.29 is 9.13 Å². The highest BCUT2D eigenvalue weighted by molar-refractivity contribution is 5.46. The van der Waals surface area contributed by atoms with E-state index < -0.39 is 0 Å². The summed E-state index contributed by atoms with van der Waals surface area (Å²) in [6.45, 7) is 4.87. The Hall–Kier alpha value is -1.13. The second-order valence-electron chi connectivity index (χ2n) is 5.49. The van der Waals surface area contributed by atoms with E-state index in [2.05, 4.69) is 12.2 Å². The Morgan fingerprint density at radius 1 is 1.30 bits per heavy atom. The van der Waals surface area contributed by atoms with Gasteiger partial charge in [0.1, 0.15) is 5.82 Å². The van der Waals surface area contributed by atoms with Gasteiger partial charge in [-0.3, -0.25) is 0 Å². The van der Waals surface area contributed by atoms with Crippen molar-refractivity contribution in [2.45, 2.75) is 38.4 Å². The predicted molar refractivity (Wildman–Crippen MR) is 80.7 cm³/mol. The van der Waals surface area contributed by atoms with E-state index in [1.165, 1.54) is 6.07 Å². The van der Waals surface area contributed by atoms with Crippen LogP contribution in [0.3, 0.4) is 0 Å². The van der Waals surface area contributed by atoms with Gasteiger partial charge in [0.2, 0.25) is 0 Å². The van der Waals surface area contributed by atoms with Crippen LogP contribution in [0.5, 0.6) is 0 Å². The molecule has 112 valence electrons. The smallest absolute Gasteiger partial charge is 0.146 e. The van der Waals surface area contributed by atoms with E-state index in [-0.39, 0.29) is 11.9 Å². The second kappa shape index (κ2) is 7.60. The summed E-state index contributed by atoms with van der Waals surface area (Å²) in [5.41, 5.74) is 0.642. The second-order valence-corrected chi connectivity index (χ2v) is 5.49. The molecule has 3 nitrogen and oxygen atoms in total. The van der Waals surface area contributed by atoms with Crippen molar-refractivity contribution in [2.75, 3.05) is 31.6 Å². The van der Waals surface area contributed by atoms with Crippen molar-refractivity contribution in [1.82, 2.24) is 5.32 Å². The van der Waals surface area contributed by atoms with Crippen LogP contribution in [0.1, 0.15) is 26.2 Å². The summed E-state index contributed by atoms with van der Waals surface area (Å²) in [4.78, 5) is 1.95. The Balaban J connectivity index is 1.78. The summed E-state index contributed by atoms with van der Waals surface area (Å²) < 4.78 is 19.7. The molecule has 1 aliphatic heterocycles. The lowest BCUT2D eigenvalue weighted by atomic mass is 10.2. The maximum absolute atomic E-state index is 13.7. The fraction of sp³-hybridized carbons (Fsp3) is 0.625. The van der Waals surface area contributed by atoms with Gasteiger partial charge < -0.3 is 15.0 Å². The number of ether oxygens (including phenoxy) is 1. The minimum Gasteiger partial charge on any atom is -0.372 e. The van der Waals surface area contributed by atoms with E-state index in [1.807, 2.05) is 24.1 Å². The molecule has 2 atom stereocenters. The largest absolute Gasteiger partial charge is 0.372 e. The Kier molecular flexibility index (Phi) is 5.80. The molecular weight excluding hydrogens is 255 g/mol. The minimum absolute atomic E-state index is 0.172. The molecular formula is C16H25FN2O. The first kappa shape index (κ1) is 15.3.